The Kier molecular flexibility index (Phi) is 4.48. The van der Waals surface area contributed by atoms with Crippen molar-refractivity contribution in [3.8, 4) is 0 Å². The van der Waals surface area contributed by atoms with Crippen LogP contribution in [0, 0.1) is 0 Å². The zero-order valence-corrected chi connectivity index (χ0v) is 13.6. The van der Waals surface area contributed by atoms with Crippen molar-refractivity contribution in [2.24, 2.45) is 0 Å². The molecule has 2 aromatic rings. The summed E-state index contributed by atoms with van der Waals surface area (Å²) in [7, 11) is -3.40. The SMILES string of the molecule is O=C(CCS(=O)(=O)c1ccccc1)N1CCc2ccccc2C1. The van der Waals surface area contributed by atoms with Gasteiger partial charge in [0, 0.05) is 19.5 Å². The van der Waals surface area contributed by atoms with Crippen LogP contribution in [0.5, 0.6) is 0 Å². The van der Waals surface area contributed by atoms with E-state index in [1.165, 1.54) is 5.56 Å². The lowest BCUT2D eigenvalue weighted by molar-refractivity contribution is -0.131. The highest BCUT2D eigenvalue weighted by Crippen LogP contribution is 2.19. The Morgan fingerprint density at radius 2 is 1.61 bits per heavy atom. The number of rotatable bonds is 4. The Morgan fingerprint density at radius 1 is 0.957 bits per heavy atom. The smallest absolute Gasteiger partial charge is 0.223 e. The van der Waals surface area contributed by atoms with Crippen molar-refractivity contribution >= 4 is 15.7 Å². The molecule has 23 heavy (non-hydrogen) atoms. The summed E-state index contributed by atoms with van der Waals surface area (Å²) in [5.41, 5.74) is 2.42. The van der Waals surface area contributed by atoms with Gasteiger partial charge in [-0.15, -0.1) is 0 Å². The predicted octanol–water partition coefficient (Wildman–Crippen LogP) is 2.44. The monoisotopic (exact) mass is 329 g/mol. The maximum atomic E-state index is 12.3. The van der Waals surface area contributed by atoms with Crippen LogP contribution < -0.4 is 0 Å². The minimum atomic E-state index is -3.40. The molecule has 4 nitrogen and oxygen atoms in total. The average molecular weight is 329 g/mol. The van der Waals surface area contributed by atoms with Crippen LogP contribution in [0.25, 0.3) is 0 Å². The first-order chi connectivity index (χ1) is 11.1. The maximum Gasteiger partial charge on any atom is 0.223 e. The number of carbonyl (C=O) groups is 1. The summed E-state index contributed by atoms with van der Waals surface area (Å²) >= 11 is 0. The van der Waals surface area contributed by atoms with E-state index in [4.69, 9.17) is 0 Å². The van der Waals surface area contributed by atoms with Crippen molar-refractivity contribution in [1.29, 1.82) is 0 Å². The fourth-order valence-electron chi connectivity index (χ4n) is 2.83. The number of amides is 1. The van der Waals surface area contributed by atoms with Crippen LogP contribution >= 0.6 is 0 Å². The second-order valence-corrected chi connectivity index (χ2v) is 7.83. The van der Waals surface area contributed by atoms with Crippen LogP contribution in [-0.2, 0) is 27.6 Å². The highest BCUT2D eigenvalue weighted by atomic mass is 32.2. The summed E-state index contributed by atoms with van der Waals surface area (Å²) in [5, 5.41) is 0. The summed E-state index contributed by atoms with van der Waals surface area (Å²) in [4.78, 5) is 14.4. The Labute approximate surface area is 136 Å². The Balaban J connectivity index is 1.63. The molecule has 1 amide bonds. The average Bonchev–Trinajstić information content (AvgIpc) is 2.60. The number of hydrogen-bond donors (Lipinski definition) is 0. The van der Waals surface area contributed by atoms with Crippen LogP contribution in [0.1, 0.15) is 17.5 Å². The van der Waals surface area contributed by atoms with Gasteiger partial charge in [0.1, 0.15) is 0 Å². The second-order valence-electron chi connectivity index (χ2n) is 5.72. The molecule has 0 saturated carbocycles. The fraction of sp³-hybridized carbons (Fsp3) is 0.278. The largest absolute Gasteiger partial charge is 0.338 e. The second kappa shape index (κ2) is 6.54. The van der Waals surface area contributed by atoms with Crippen molar-refractivity contribution < 1.29 is 13.2 Å². The molecule has 0 saturated heterocycles. The number of carbonyl (C=O) groups excluding carboxylic acids is 1. The third-order valence-electron chi connectivity index (χ3n) is 4.17. The first kappa shape index (κ1) is 15.7. The van der Waals surface area contributed by atoms with Gasteiger partial charge in [0.05, 0.1) is 10.6 Å². The molecule has 5 heteroatoms. The normalized spacial score (nSPS) is 14.3. The minimum absolute atomic E-state index is 0.0272. The zero-order valence-electron chi connectivity index (χ0n) is 12.8. The topological polar surface area (TPSA) is 54.5 Å². The number of benzene rings is 2. The van der Waals surface area contributed by atoms with Crippen LogP contribution in [0.15, 0.2) is 59.5 Å². The van der Waals surface area contributed by atoms with Crippen molar-refractivity contribution in [3.05, 3.63) is 65.7 Å². The van der Waals surface area contributed by atoms with E-state index in [2.05, 4.69) is 6.07 Å². The van der Waals surface area contributed by atoms with E-state index in [1.807, 2.05) is 18.2 Å². The summed E-state index contributed by atoms with van der Waals surface area (Å²) in [6.07, 6.45) is 0.854. The van der Waals surface area contributed by atoms with Crippen molar-refractivity contribution in [1.82, 2.24) is 4.90 Å². The standard InChI is InChI=1S/C18H19NO3S/c20-18(11-13-23(21,22)17-8-2-1-3-9-17)19-12-10-15-6-4-5-7-16(15)14-19/h1-9H,10-14H2. The van der Waals surface area contributed by atoms with Crippen LogP contribution in [0.2, 0.25) is 0 Å². The maximum absolute atomic E-state index is 12.3. The van der Waals surface area contributed by atoms with Crippen molar-refractivity contribution in [2.75, 3.05) is 12.3 Å². The summed E-state index contributed by atoms with van der Waals surface area (Å²) < 4.78 is 24.5. The molecule has 0 atom stereocenters. The van der Waals surface area contributed by atoms with Crippen LogP contribution in [-0.4, -0.2) is 31.5 Å². The number of fused-ring (bicyclic) bond motifs is 1. The van der Waals surface area contributed by atoms with Gasteiger partial charge in [-0.3, -0.25) is 4.79 Å². The molecule has 0 aliphatic carbocycles. The molecule has 0 bridgehead atoms. The van der Waals surface area contributed by atoms with Gasteiger partial charge < -0.3 is 4.90 Å². The molecular weight excluding hydrogens is 310 g/mol. The quantitative estimate of drug-likeness (QED) is 0.866. The third kappa shape index (κ3) is 3.62. The lowest BCUT2D eigenvalue weighted by Crippen LogP contribution is -2.36. The summed E-state index contributed by atoms with van der Waals surface area (Å²) in [6, 6.07) is 16.4. The fourth-order valence-corrected chi connectivity index (χ4v) is 4.08. The number of sulfone groups is 1. The van der Waals surface area contributed by atoms with Gasteiger partial charge in [0.2, 0.25) is 5.91 Å². The van der Waals surface area contributed by atoms with Gasteiger partial charge in [-0.05, 0) is 29.7 Å². The van der Waals surface area contributed by atoms with Crippen molar-refractivity contribution in [2.45, 2.75) is 24.3 Å². The lowest BCUT2D eigenvalue weighted by atomic mass is 10.00. The predicted molar refractivity (Wildman–Crippen MR) is 88.7 cm³/mol. The molecular formula is C18H19NO3S. The van der Waals surface area contributed by atoms with E-state index in [1.54, 1.807) is 35.2 Å². The highest BCUT2D eigenvalue weighted by Gasteiger charge is 2.22. The first-order valence-electron chi connectivity index (χ1n) is 7.69. The molecule has 0 aromatic heterocycles. The minimum Gasteiger partial charge on any atom is -0.338 e. The van der Waals surface area contributed by atoms with Gasteiger partial charge in [0.25, 0.3) is 0 Å². The lowest BCUT2D eigenvalue weighted by Gasteiger charge is -2.28. The molecule has 3 rings (SSSR count). The Morgan fingerprint density at radius 3 is 2.35 bits per heavy atom. The van der Waals surface area contributed by atoms with E-state index >= 15 is 0 Å². The van der Waals surface area contributed by atoms with E-state index in [0.717, 1.165) is 12.0 Å². The van der Waals surface area contributed by atoms with E-state index in [0.29, 0.717) is 13.1 Å². The number of hydrogen-bond acceptors (Lipinski definition) is 3. The molecule has 2 aromatic carbocycles. The van der Waals surface area contributed by atoms with Gasteiger partial charge >= 0.3 is 0 Å². The molecule has 1 aliphatic heterocycles. The van der Waals surface area contributed by atoms with Gasteiger partial charge in [0.15, 0.2) is 9.84 Å². The molecule has 1 aliphatic rings. The van der Waals surface area contributed by atoms with E-state index in [-0.39, 0.29) is 23.0 Å². The molecule has 0 radical (unpaired) electrons. The molecule has 0 unspecified atom stereocenters. The Bertz CT molecular complexity index is 800. The molecule has 120 valence electrons. The van der Waals surface area contributed by atoms with Crippen LogP contribution in [0.4, 0.5) is 0 Å². The van der Waals surface area contributed by atoms with Gasteiger partial charge in [-0.2, -0.15) is 0 Å². The molecule has 0 N–H and O–H groups in total. The van der Waals surface area contributed by atoms with E-state index < -0.39 is 9.84 Å². The van der Waals surface area contributed by atoms with Gasteiger partial charge in [-0.25, -0.2) is 8.42 Å². The Hall–Kier alpha value is -2.14. The van der Waals surface area contributed by atoms with Crippen LogP contribution in [0.3, 0.4) is 0 Å². The summed E-state index contributed by atoms with van der Waals surface area (Å²) in [6.45, 7) is 1.22. The molecule has 0 fully saturated rings. The molecule has 0 spiro atoms. The molecule has 1 heterocycles. The van der Waals surface area contributed by atoms with Gasteiger partial charge in [-0.1, -0.05) is 42.5 Å². The van der Waals surface area contributed by atoms with Crippen molar-refractivity contribution in [3.63, 3.8) is 0 Å². The highest BCUT2D eigenvalue weighted by molar-refractivity contribution is 7.91. The number of nitrogens with zero attached hydrogens (tertiary/aromatic N) is 1. The summed E-state index contributed by atoms with van der Waals surface area (Å²) in [5.74, 6) is -0.243. The van der Waals surface area contributed by atoms with E-state index in [9.17, 15) is 13.2 Å². The third-order valence-corrected chi connectivity index (χ3v) is 5.90. The zero-order chi connectivity index (χ0) is 16.3. The first-order valence-corrected chi connectivity index (χ1v) is 9.34.